The van der Waals surface area contributed by atoms with Gasteiger partial charge in [0.2, 0.25) is 0 Å². The molecule has 0 aromatic heterocycles. The lowest BCUT2D eigenvalue weighted by Gasteiger charge is -2.23. The first-order valence-corrected chi connectivity index (χ1v) is 3.48. The van der Waals surface area contributed by atoms with Crippen LogP contribution in [0.4, 0.5) is 0 Å². The maximum atomic E-state index is 5.49. The summed E-state index contributed by atoms with van der Waals surface area (Å²) in [5, 5.41) is 1.69. The molecule has 0 saturated carbocycles. The molecular formula is C7H18N2O. The molecule has 0 unspecified atom stereocenters. The van der Waals surface area contributed by atoms with E-state index in [2.05, 4.69) is 13.8 Å². The zero-order chi connectivity index (χ0) is 8.20. The molecule has 0 rings (SSSR count). The van der Waals surface area contributed by atoms with E-state index in [0.29, 0.717) is 13.2 Å². The van der Waals surface area contributed by atoms with Crippen LogP contribution in [0.1, 0.15) is 13.8 Å². The van der Waals surface area contributed by atoms with Crippen molar-refractivity contribution in [1.82, 2.24) is 5.06 Å². The van der Waals surface area contributed by atoms with E-state index in [0.717, 1.165) is 0 Å². The zero-order valence-corrected chi connectivity index (χ0v) is 7.35. The number of nitrogens with two attached hydrogens (primary N) is 1. The number of hydroxylamine groups is 2. The molecule has 0 atom stereocenters. The van der Waals surface area contributed by atoms with Crippen LogP contribution in [0.3, 0.4) is 0 Å². The van der Waals surface area contributed by atoms with Gasteiger partial charge in [-0.1, -0.05) is 13.8 Å². The molecule has 0 bridgehead atoms. The van der Waals surface area contributed by atoms with Gasteiger partial charge in [-0.05, 0) is 6.54 Å². The molecule has 3 heteroatoms. The lowest BCUT2D eigenvalue weighted by molar-refractivity contribution is -0.144. The predicted molar refractivity (Wildman–Crippen MR) is 42.5 cm³/mol. The summed E-state index contributed by atoms with van der Waals surface area (Å²) in [5.41, 5.74) is 5.58. The Morgan fingerprint density at radius 2 is 1.90 bits per heavy atom. The molecule has 3 nitrogen and oxygen atoms in total. The second-order valence-electron chi connectivity index (χ2n) is 3.45. The topological polar surface area (TPSA) is 38.5 Å². The van der Waals surface area contributed by atoms with Crippen molar-refractivity contribution in [2.75, 3.05) is 27.2 Å². The van der Waals surface area contributed by atoms with Crippen LogP contribution in [0.15, 0.2) is 0 Å². The van der Waals surface area contributed by atoms with Crippen molar-refractivity contribution < 1.29 is 4.84 Å². The lowest BCUT2D eigenvalue weighted by Crippen LogP contribution is -2.31. The van der Waals surface area contributed by atoms with Crippen molar-refractivity contribution >= 4 is 0 Å². The van der Waals surface area contributed by atoms with Crippen LogP contribution in [-0.2, 0) is 4.84 Å². The molecule has 0 fully saturated rings. The Hall–Kier alpha value is -0.120. The lowest BCUT2D eigenvalue weighted by atomic mass is 9.96. The maximum Gasteiger partial charge on any atom is 0.0747 e. The van der Waals surface area contributed by atoms with Crippen molar-refractivity contribution in [3.05, 3.63) is 0 Å². The predicted octanol–water partition coefficient (Wildman–Crippen LogP) is 0.465. The highest BCUT2D eigenvalue weighted by Crippen LogP contribution is 2.12. The van der Waals surface area contributed by atoms with E-state index < -0.39 is 0 Å². The minimum Gasteiger partial charge on any atom is -0.330 e. The SMILES string of the molecule is CN(C)OCC(C)(C)CN. The van der Waals surface area contributed by atoms with Crippen LogP contribution in [0.25, 0.3) is 0 Å². The molecule has 0 heterocycles. The molecule has 0 radical (unpaired) electrons. The first kappa shape index (κ1) is 9.88. The first-order valence-electron chi connectivity index (χ1n) is 3.48. The molecule has 0 aliphatic heterocycles. The number of nitrogens with zero attached hydrogens (tertiary/aromatic N) is 1. The summed E-state index contributed by atoms with van der Waals surface area (Å²) in [6.45, 7) is 5.49. The summed E-state index contributed by atoms with van der Waals surface area (Å²) >= 11 is 0. The van der Waals surface area contributed by atoms with Crippen molar-refractivity contribution in [2.45, 2.75) is 13.8 Å². The molecule has 2 N–H and O–H groups in total. The molecular weight excluding hydrogens is 128 g/mol. The first-order chi connectivity index (χ1) is 4.48. The fourth-order valence-electron chi connectivity index (χ4n) is 0.363. The molecule has 62 valence electrons. The Bertz CT molecular complexity index is 91.6. The van der Waals surface area contributed by atoms with E-state index in [9.17, 15) is 0 Å². The number of rotatable bonds is 4. The molecule has 0 aromatic carbocycles. The third-order valence-corrected chi connectivity index (χ3v) is 1.27. The fourth-order valence-corrected chi connectivity index (χ4v) is 0.363. The Labute approximate surface area is 63.1 Å². The fraction of sp³-hybridized carbons (Fsp3) is 1.00. The highest BCUT2D eigenvalue weighted by molar-refractivity contribution is 4.67. The summed E-state index contributed by atoms with van der Waals surface area (Å²) in [4.78, 5) is 5.25. The van der Waals surface area contributed by atoms with E-state index >= 15 is 0 Å². The quantitative estimate of drug-likeness (QED) is 0.586. The third-order valence-electron chi connectivity index (χ3n) is 1.27. The molecule has 0 spiro atoms. The molecule has 0 aliphatic rings. The number of hydrogen-bond acceptors (Lipinski definition) is 3. The Morgan fingerprint density at radius 1 is 1.40 bits per heavy atom. The normalized spacial score (nSPS) is 12.6. The molecule has 0 amide bonds. The van der Waals surface area contributed by atoms with Gasteiger partial charge in [0.15, 0.2) is 0 Å². The van der Waals surface area contributed by atoms with E-state index in [4.69, 9.17) is 10.6 Å². The van der Waals surface area contributed by atoms with E-state index in [1.54, 1.807) is 5.06 Å². The Morgan fingerprint density at radius 3 is 2.20 bits per heavy atom. The second kappa shape index (κ2) is 3.91. The minimum atomic E-state index is 0.0876. The van der Waals surface area contributed by atoms with E-state index in [-0.39, 0.29) is 5.41 Å². The van der Waals surface area contributed by atoms with Crippen LogP contribution in [0.2, 0.25) is 0 Å². The summed E-state index contributed by atoms with van der Waals surface area (Å²) in [5.74, 6) is 0. The van der Waals surface area contributed by atoms with Crippen LogP contribution in [0.5, 0.6) is 0 Å². The van der Waals surface area contributed by atoms with Gasteiger partial charge in [-0.15, -0.1) is 0 Å². The monoisotopic (exact) mass is 146 g/mol. The van der Waals surface area contributed by atoms with Crippen molar-refractivity contribution in [3.63, 3.8) is 0 Å². The van der Waals surface area contributed by atoms with Crippen molar-refractivity contribution in [3.8, 4) is 0 Å². The van der Waals surface area contributed by atoms with Gasteiger partial charge >= 0.3 is 0 Å². The zero-order valence-electron chi connectivity index (χ0n) is 7.35. The highest BCUT2D eigenvalue weighted by Gasteiger charge is 2.15. The van der Waals surface area contributed by atoms with Gasteiger partial charge in [0, 0.05) is 19.5 Å². The van der Waals surface area contributed by atoms with Crippen LogP contribution in [0, 0.1) is 5.41 Å². The summed E-state index contributed by atoms with van der Waals surface area (Å²) in [6.07, 6.45) is 0. The van der Waals surface area contributed by atoms with E-state index in [1.165, 1.54) is 0 Å². The minimum absolute atomic E-state index is 0.0876. The smallest absolute Gasteiger partial charge is 0.0747 e. The molecule has 10 heavy (non-hydrogen) atoms. The van der Waals surface area contributed by atoms with Crippen LogP contribution >= 0.6 is 0 Å². The van der Waals surface area contributed by atoms with Crippen LogP contribution < -0.4 is 5.73 Å². The Balaban J connectivity index is 3.46. The Kier molecular flexibility index (Phi) is 3.86. The number of hydrogen-bond donors (Lipinski definition) is 1. The van der Waals surface area contributed by atoms with Gasteiger partial charge in [0.25, 0.3) is 0 Å². The molecule has 0 saturated heterocycles. The average Bonchev–Trinajstić information content (AvgIpc) is 1.85. The summed E-state index contributed by atoms with van der Waals surface area (Å²) < 4.78 is 0. The van der Waals surface area contributed by atoms with Crippen molar-refractivity contribution in [1.29, 1.82) is 0 Å². The molecule has 0 aromatic rings. The average molecular weight is 146 g/mol. The standard InChI is InChI=1S/C7H18N2O/c1-7(2,5-8)6-10-9(3)4/h5-6,8H2,1-4H3. The second-order valence-corrected chi connectivity index (χ2v) is 3.45. The highest BCUT2D eigenvalue weighted by atomic mass is 16.7. The van der Waals surface area contributed by atoms with Gasteiger partial charge in [-0.3, -0.25) is 4.84 Å². The van der Waals surface area contributed by atoms with Crippen molar-refractivity contribution in [2.24, 2.45) is 11.1 Å². The largest absolute Gasteiger partial charge is 0.330 e. The van der Waals surface area contributed by atoms with E-state index in [1.807, 2.05) is 14.1 Å². The molecule has 0 aliphatic carbocycles. The maximum absolute atomic E-state index is 5.49. The van der Waals surface area contributed by atoms with Crippen LogP contribution in [-0.4, -0.2) is 32.3 Å². The van der Waals surface area contributed by atoms with Gasteiger partial charge in [0.05, 0.1) is 6.61 Å². The van der Waals surface area contributed by atoms with Gasteiger partial charge in [-0.2, -0.15) is 5.06 Å². The van der Waals surface area contributed by atoms with Gasteiger partial charge in [0.1, 0.15) is 0 Å². The summed E-state index contributed by atoms with van der Waals surface area (Å²) in [7, 11) is 3.74. The van der Waals surface area contributed by atoms with Gasteiger partial charge < -0.3 is 5.73 Å². The summed E-state index contributed by atoms with van der Waals surface area (Å²) in [6, 6.07) is 0. The third kappa shape index (κ3) is 4.73. The van der Waals surface area contributed by atoms with Gasteiger partial charge in [-0.25, -0.2) is 0 Å².